The van der Waals surface area contributed by atoms with Crippen LogP contribution in [-0.2, 0) is 6.54 Å². The summed E-state index contributed by atoms with van der Waals surface area (Å²) in [6.07, 6.45) is 0. The Labute approximate surface area is 97.4 Å². The third-order valence-electron chi connectivity index (χ3n) is 2.49. The van der Waals surface area contributed by atoms with Crippen molar-refractivity contribution >= 4 is 0 Å². The van der Waals surface area contributed by atoms with E-state index in [1.165, 1.54) is 5.56 Å². The molecule has 0 radical (unpaired) electrons. The Kier molecular flexibility index (Phi) is 4.77. The van der Waals surface area contributed by atoms with Crippen LogP contribution in [0.1, 0.15) is 19.4 Å². The van der Waals surface area contributed by atoms with Crippen molar-refractivity contribution in [1.82, 2.24) is 5.32 Å². The normalized spacial score (nSPS) is 11.5. The molecule has 0 saturated heterocycles. The molecule has 3 heteroatoms. The van der Waals surface area contributed by atoms with Gasteiger partial charge in [0, 0.05) is 25.1 Å². The molecule has 1 aromatic carbocycles. The minimum absolute atomic E-state index is 0.0706. The molecule has 16 heavy (non-hydrogen) atoms. The molecule has 0 unspecified atom stereocenters. The van der Waals surface area contributed by atoms with Gasteiger partial charge in [-0.15, -0.1) is 0 Å². The first kappa shape index (κ1) is 13.0. The predicted molar refractivity (Wildman–Crippen MR) is 65.6 cm³/mol. The summed E-state index contributed by atoms with van der Waals surface area (Å²) in [5.74, 6) is 0.876. The van der Waals surface area contributed by atoms with Gasteiger partial charge >= 0.3 is 0 Å². The molecule has 0 bridgehead atoms. The van der Waals surface area contributed by atoms with E-state index in [1.807, 2.05) is 32.0 Å². The summed E-state index contributed by atoms with van der Waals surface area (Å²) in [5, 5.41) is 12.4. The summed E-state index contributed by atoms with van der Waals surface area (Å²) in [4.78, 5) is 0. The van der Waals surface area contributed by atoms with Crippen LogP contribution < -0.4 is 10.1 Å². The average Bonchev–Trinajstić information content (AvgIpc) is 2.29. The molecule has 90 valence electrons. The van der Waals surface area contributed by atoms with E-state index >= 15 is 0 Å². The molecule has 0 spiro atoms. The standard InChI is InChI=1S/C13H21NO2/c1-13(2,10-15)9-14-8-11-5-4-6-12(7-11)16-3/h4-7,14-15H,8-10H2,1-3H3. The minimum Gasteiger partial charge on any atom is -0.497 e. The van der Waals surface area contributed by atoms with Crippen molar-refractivity contribution in [2.24, 2.45) is 5.41 Å². The zero-order chi connectivity index (χ0) is 12.0. The molecule has 0 atom stereocenters. The van der Waals surface area contributed by atoms with Crippen molar-refractivity contribution in [3.8, 4) is 5.75 Å². The van der Waals surface area contributed by atoms with Crippen LogP contribution in [0.15, 0.2) is 24.3 Å². The molecule has 0 aromatic heterocycles. The number of hydrogen-bond donors (Lipinski definition) is 2. The number of rotatable bonds is 6. The summed E-state index contributed by atoms with van der Waals surface area (Å²) in [6, 6.07) is 7.98. The maximum absolute atomic E-state index is 9.11. The van der Waals surface area contributed by atoms with E-state index in [2.05, 4.69) is 11.4 Å². The van der Waals surface area contributed by atoms with Gasteiger partial charge in [0.25, 0.3) is 0 Å². The quantitative estimate of drug-likeness (QED) is 0.772. The molecule has 0 aliphatic heterocycles. The summed E-state index contributed by atoms with van der Waals surface area (Å²) in [5.41, 5.74) is 1.12. The first-order chi connectivity index (χ1) is 7.57. The van der Waals surface area contributed by atoms with Crippen molar-refractivity contribution in [3.05, 3.63) is 29.8 Å². The SMILES string of the molecule is COc1cccc(CNCC(C)(C)CO)c1. The number of methoxy groups -OCH3 is 1. The Morgan fingerprint density at radius 1 is 1.38 bits per heavy atom. The fourth-order valence-electron chi connectivity index (χ4n) is 1.38. The fourth-order valence-corrected chi connectivity index (χ4v) is 1.38. The largest absolute Gasteiger partial charge is 0.497 e. The van der Waals surface area contributed by atoms with Gasteiger partial charge in [0.2, 0.25) is 0 Å². The zero-order valence-corrected chi connectivity index (χ0v) is 10.3. The van der Waals surface area contributed by atoms with Crippen LogP contribution in [0.4, 0.5) is 0 Å². The van der Waals surface area contributed by atoms with Crippen LogP contribution in [0, 0.1) is 5.41 Å². The molecule has 0 aliphatic carbocycles. The van der Waals surface area contributed by atoms with Crippen LogP contribution >= 0.6 is 0 Å². The number of aliphatic hydroxyl groups is 1. The van der Waals surface area contributed by atoms with Gasteiger partial charge in [-0.2, -0.15) is 0 Å². The second-order valence-corrected chi connectivity index (χ2v) is 4.78. The van der Waals surface area contributed by atoms with Gasteiger partial charge in [-0.3, -0.25) is 0 Å². The Hall–Kier alpha value is -1.06. The summed E-state index contributed by atoms with van der Waals surface area (Å²) >= 11 is 0. The number of aliphatic hydroxyl groups excluding tert-OH is 1. The second-order valence-electron chi connectivity index (χ2n) is 4.78. The van der Waals surface area contributed by atoms with Crippen molar-refractivity contribution in [1.29, 1.82) is 0 Å². The summed E-state index contributed by atoms with van der Waals surface area (Å²) < 4.78 is 5.16. The highest BCUT2D eigenvalue weighted by molar-refractivity contribution is 5.28. The van der Waals surface area contributed by atoms with Gasteiger partial charge in [0.15, 0.2) is 0 Å². The maximum Gasteiger partial charge on any atom is 0.119 e. The molecular weight excluding hydrogens is 202 g/mol. The van der Waals surface area contributed by atoms with Crippen molar-refractivity contribution in [3.63, 3.8) is 0 Å². The maximum atomic E-state index is 9.11. The third kappa shape index (κ3) is 4.21. The molecule has 0 amide bonds. The van der Waals surface area contributed by atoms with E-state index in [1.54, 1.807) is 7.11 Å². The highest BCUT2D eigenvalue weighted by Crippen LogP contribution is 2.14. The van der Waals surface area contributed by atoms with E-state index in [4.69, 9.17) is 9.84 Å². The lowest BCUT2D eigenvalue weighted by Gasteiger charge is -2.22. The zero-order valence-electron chi connectivity index (χ0n) is 10.3. The second kappa shape index (κ2) is 5.87. The van der Waals surface area contributed by atoms with E-state index in [9.17, 15) is 0 Å². The lowest BCUT2D eigenvalue weighted by Crippen LogP contribution is -2.31. The lowest BCUT2D eigenvalue weighted by atomic mass is 9.95. The van der Waals surface area contributed by atoms with Crippen LogP contribution in [0.2, 0.25) is 0 Å². The van der Waals surface area contributed by atoms with Gasteiger partial charge in [-0.1, -0.05) is 26.0 Å². The van der Waals surface area contributed by atoms with Crippen molar-refractivity contribution in [2.45, 2.75) is 20.4 Å². The van der Waals surface area contributed by atoms with Gasteiger partial charge in [-0.25, -0.2) is 0 Å². The smallest absolute Gasteiger partial charge is 0.119 e. The molecule has 1 aromatic rings. The lowest BCUT2D eigenvalue weighted by molar-refractivity contribution is 0.156. The van der Waals surface area contributed by atoms with E-state index in [0.717, 1.165) is 18.8 Å². The number of benzene rings is 1. The number of hydrogen-bond acceptors (Lipinski definition) is 3. The highest BCUT2D eigenvalue weighted by Gasteiger charge is 2.15. The summed E-state index contributed by atoms with van der Waals surface area (Å²) in [7, 11) is 1.67. The van der Waals surface area contributed by atoms with Crippen LogP contribution in [-0.4, -0.2) is 25.4 Å². The molecule has 1 rings (SSSR count). The van der Waals surface area contributed by atoms with E-state index < -0.39 is 0 Å². The molecule has 2 N–H and O–H groups in total. The van der Waals surface area contributed by atoms with Crippen LogP contribution in [0.3, 0.4) is 0 Å². The number of ether oxygens (including phenoxy) is 1. The van der Waals surface area contributed by atoms with Crippen molar-refractivity contribution in [2.75, 3.05) is 20.3 Å². The summed E-state index contributed by atoms with van der Waals surface area (Å²) in [6.45, 7) is 5.84. The fraction of sp³-hybridized carbons (Fsp3) is 0.538. The Bertz CT molecular complexity index is 323. The van der Waals surface area contributed by atoms with Gasteiger partial charge in [0.1, 0.15) is 5.75 Å². The Morgan fingerprint density at radius 3 is 2.75 bits per heavy atom. The first-order valence-corrected chi connectivity index (χ1v) is 5.52. The molecule has 0 aliphatic rings. The van der Waals surface area contributed by atoms with Gasteiger partial charge < -0.3 is 15.2 Å². The Morgan fingerprint density at radius 2 is 2.12 bits per heavy atom. The van der Waals surface area contributed by atoms with Crippen molar-refractivity contribution < 1.29 is 9.84 Å². The molecule has 0 fully saturated rings. The molecular formula is C13H21NO2. The molecule has 3 nitrogen and oxygen atoms in total. The van der Waals surface area contributed by atoms with Crippen LogP contribution in [0.25, 0.3) is 0 Å². The van der Waals surface area contributed by atoms with E-state index in [0.29, 0.717) is 0 Å². The first-order valence-electron chi connectivity index (χ1n) is 5.52. The van der Waals surface area contributed by atoms with E-state index in [-0.39, 0.29) is 12.0 Å². The van der Waals surface area contributed by atoms with Crippen LogP contribution in [0.5, 0.6) is 5.75 Å². The topological polar surface area (TPSA) is 41.5 Å². The predicted octanol–water partition coefficient (Wildman–Crippen LogP) is 1.80. The van der Waals surface area contributed by atoms with Gasteiger partial charge in [-0.05, 0) is 17.7 Å². The number of nitrogens with one attached hydrogen (secondary N) is 1. The Balaban J connectivity index is 2.42. The van der Waals surface area contributed by atoms with Gasteiger partial charge in [0.05, 0.1) is 7.11 Å². The monoisotopic (exact) mass is 223 g/mol. The minimum atomic E-state index is -0.0706. The highest BCUT2D eigenvalue weighted by atomic mass is 16.5. The molecule has 0 heterocycles. The average molecular weight is 223 g/mol. The molecule has 0 saturated carbocycles. The third-order valence-corrected chi connectivity index (χ3v) is 2.49.